The van der Waals surface area contributed by atoms with E-state index in [2.05, 4.69) is 15.4 Å². The Hall–Kier alpha value is -4.34. The fourth-order valence-corrected chi connectivity index (χ4v) is 2.71. The largest absolute Gasteiger partial charge is 0.515 e. The quantitative estimate of drug-likeness (QED) is 0.604. The molecule has 136 valence electrons. The van der Waals surface area contributed by atoms with E-state index in [4.69, 9.17) is 10.5 Å². The minimum atomic E-state index is -1.08. The zero-order valence-electron chi connectivity index (χ0n) is 13.6. The maximum absolute atomic E-state index is 11.4. The molecule has 1 aliphatic heterocycles. The Bertz CT molecular complexity index is 1060. The van der Waals surface area contributed by atoms with Gasteiger partial charge in [-0.1, -0.05) is 23.0 Å². The molecule has 1 aromatic heterocycles. The molecule has 2 heterocycles. The smallest absolute Gasteiger partial charge is 0.443 e. The number of nitrogens with two attached hydrogens (primary N) is 1. The molecule has 27 heavy (non-hydrogen) atoms. The Morgan fingerprint density at radius 3 is 2.59 bits per heavy atom. The maximum Gasteiger partial charge on any atom is 0.515 e. The molecule has 1 aromatic carbocycles. The minimum Gasteiger partial charge on any atom is -0.443 e. The number of hydrogen-bond acceptors (Lipinski definition) is 10. The number of benzene rings is 1. The number of nitriles is 1. The lowest BCUT2D eigenvalue weighted by Crippen LogP contribution is -2.24. The van der Waals surface area contributed by atoms with Gasteiger partial charge in [0.25, 0.3) is 5.69 Å². The molecular weight excluding hydrogens is 360 g/mol. The molecule has 3 rings (SSSR count). The van der Waals surface area contributed by atoms with Gasteiger partial charge in [-0.25, -0.2) is 0 Å². The molecule has 1 atom stereocenters. The summed E-state index contributed by atoms with van der Waals surface area (Å²) in [6.45, 7) is 1.47. The molecule has 0 unspecified atom stereocenters. The molecule has 0 radical (unpaired) electrons. The Kier molecular flexibility index (Phi) is 4.22. The third-order valence-corrected chi connectivity index (χ3v) is 3.80. The number of aromatic nitrogens is 4. The first kappa shape index (κ1) is 17.5. The average Bonchev–Trinajstić information content (AvgIpc) is 3.11. The van der Waals surface area contributed by atoms with E-state index in [1.54, 1.807) is 6.07 Å². The van der Waals surface area contributed by atoms with Gasteiger partial charge < -0.3 is 20.6 Å². The normalized spacial score (nSPS) is 16.7. The van der Waals surface area contributed by atoms with Crippen molar-refractivity contribution in [1.82, 2.24) is 20.2 Å². The van der Waals surface area contributed by atoms with Gasteiger partial charge in [0.05, 0.1) is 26.3 Å². The molecule has 13 heteroatoms. The predicted molar refractivity (Wildman–Crippen MR) is 87.1 cm³/mol. The van der Waals surface area contributed by atoms with Gasteiger partial charge in [0.15, 0.2) is 0 Å². The van der Waals surface area contributed by atoms with Crippen molar-refractivity contribution in [3.63, 3.8) is 0 Å². The highest BCUT2D eigenvalue weighted by Gasteiger charge is 2.39. The topological polar surface area (TPSA) is 189 Å². The second-order valence-corrected chi connectivity index (χ2v) is 5.32. The van der Waals surface area contributed by atoms with Crippen molar-refractivity contribution in [2.75, 3.05) is 0 Å². The summed E-state index contributed by atoms with van der Waals surface area (Å²) in [4.78, 5) is 21.6. The van der Waals surface area contributed by atoms with E-state index in [1.165, 1.54) is 25.1 Å². The summed E-state index contributed by atoms with van der Waals surface area (Å²) in [5.41, 5.74) is 5.57. The zero-order chi connectivity index (χ0) is 19.7. The van der Waals surface area contributed by atoms with Crippen LogP contribution >= 0.6 is 0 Å². The third-order valence-electron chi connectivity index (χ3n) is 3.80. The molecule has 13 nitrogen and oxygen atoms in total. The maximum atomic E-state index is 11.4. The van der Waals surface area contributed by atoms with E-state index in [0.29, 0.717) is 0 Å². The fourth-order valence-electron chi connectivity index (χ4n) is 2.71. The average molecular weight is 370 g/mol. The molecule has 0 fully saturated rings. The SMILES string of the molecule is CC1=C(n2nnc([N+](=O)[O-])n2)[C@@H](c2ccccc2[N+](=O)[O-])C(C#N)=C(N)O1. The first-order valence-corrected chi connectivity index (χ1v) is 7.31. The van der Waals surface area contributed by atoms with Crippen LogP contribution in [-0.2, 0) is 4.74 Å². The summed E-state index contributed by atoms with van der Waals surface area (Å²) in [6, 6.07) is 7.59. The van der Waals surface area contributed by atoms with Crippen molar-refractivity contribution in [3.8, 4) is 6.07 Å². The molecule has 0 bridgehead atoms. The van der Waals surface area contributed by atoms with Gasteiger partial charge in [-0.05, 0) is 11.8 Å². The summed E-state index contributed by atoms with van der Waals surface area (Å²) in [5, 5.41) is 42.4. The molecule has 1 aliphatic rings. The zero-order valence-corrected chi connectivity index (χ0v) is 13.6. The molecule has 0 aliphatic carbocycles. The highest BCUT2D eigenvalue weighted by molar-refractivity contribution is 5.69. The Labute approximate surface area is 150 Å². The predicted octanol–water partition coefficient (Wildman–Crippen LogP) is 1.19. The first-order chi connectivity index (χ1) is 12.8. The lowest BCUT2D eigenvalue weighted by molar-refractivity contribution is -0.394. The number of tetrazole rings is 1. The number of para-hydroxylation sites is 1. The van der Waals surface area contributed by atoms with Crippen LogP contribution in [0.25, 0.3) is 5.70 Å². The Morgan fingerprint density at radius 2 is 2.00 bits per heavy atom. The van der Waals surface area contributed by atoms with Crippen molar-refractivity contribution in [2.45, 2.75) is 12.8 Å². The number of nitro benzene ring substituents is 1. The van der Waals surface area contributed by atoms with Crippen molar-refractivity contribution in [3.05, 3.63) is 67.3 Å². The molecule has 0 spiro atoms. The molecular formula is C14H10N8O5. The second kappa shape index (κ2) is 6.52. The van der Waals surface area contributed by atoms with Crippen molar-refractivity contribution in [1.29, 1.82) is 5.26 Å². The van der Waals surface area contributed by atoms with Crippen LogP contribution in [0.2, 0.25) is 0 Å². The summed E-state index contributed by atoms with van der Waals surface area (Å²) in [6.07, 6.45) is 0. The van der Waals surface area contributed by atoms with E-state index in [0.717, 1.165) is 4.80 Å². The third kappa shape index (κ3) is 2.91. The molecule has 0 saturated carbocycles. The van der Waals surface area contributed by atoms with Gasteiger partial charge in [-0.3, -0.25) is 10.1 Å². The van der Waals surface area contributed by atoms with Crippen LogP contribution < -0.4 is 5.73 Å². The summed E-state index contributed by atoms with van der Waals surface area (Å²) in [7, 11) is 0. The van der Waals surface area contributed by atoms with Crippen molar-refractivity contribution < 1.29 is 14.6 Å². The highest BCUT2D eigenvalue weighted by Crippen LogP contribution is 2.43. The minimum absolute atomic E-state index is 0.0515. The van der Waals surface area contributed by atoms with E-state index >= 15 is 0 Å². The second-order valence-electron chi connectivity index (χ2n) is 5.32. The van der Waals surface area contributed by atoms with Crippen LogP contribution in [0.1, 0.15) is 18.4 Å². The summed E-state index contributed by atoms with van der Waals surface area (Å²) in [5.74, 6) is -1.99. The highest BCUT2D eigenvalue weighted by atomic mass is 16.6. The van der Waals surface area contributed by atoms with E-state index in [1.807, 2.05) is 6.07 Å². The van der Waals surface area contributed by atoms with Gasteiger partial charge in [0, 0.05) is 11.6 Å². The van der Waals surface area contributed by atoms with Crippen LogP contribution in [0.15, 0.2) is 41.5 Å². The Morgan fingerprint density at radius 1 is 1.30 bits per heavy atom. The molecule has 2 aromatic rings. The molecule has 0 amide bonds. The van der Waals surface area contributed by atoms with Crippen molar-refractivity contribution >= 4 is 17.3 Å². The number of hydrogen-bond donors (Lipinski definition) is 1. The van der Waals surface area contributed by atoms with E-state index < -0.39 is 21.7 Å². The van der Waals surface area contributed by atoms with Gasteiger partial charge in [-0.15, -0.1) is 0 Å². The van der Waals surface area contributed by atoms with E-state index in [9.17, 15) is 25.5 Å². The monoisotopic (exact) mass is 370 g/mol. The van der Waals surface area contributed by atoms with Gasteiger partial charge in [-0.2, -0.15) is 5.26 Å². The van der Waals surface area contributed by atoms with Crippen LogP contribution in [0.5, 0.6) is 0 Å². The Balaban J connectivity index is 2.27. The van der Waals surface area contributed by atoms with Crippen molar-refractivity contribution in [2.24, 2.45) is 5.73 Å². The van der Waals surface area contributed by atoms with Crippen LogP contribution in [0.4, 0.5) is 11.6 Å². The standard InChI is InChI=1S/C14H10N8O5/c1-7-12(20-18-14(17-19-20)22(25)26)11(9(6-15)13(16)27-7)8-4-2-3-5-10(8)21(23)24/h2-5,11H,16H2,1H3/t11-/m0/s1. The van der Waals surface area contributed by atoms with Gasteiger partial charge in [0.2, 0.25) is 5.88 Å². The molecule has 0 saturated heterocycles. The van der Waals surface area contributed by atoms with Gasteiger partial charge in [0.1, 0.15) is 23.1 Å². The van der Waals surface area contributed by atoms with Gasteiger partial charge >= 0.3 is 5.95 Å². The lowest BCUT2D eigenvalue weighted by atomic mass is 9.86. The lowest BCUT2D eigenvalue weighted by Gasteiger charge is -2.25. The molecule has 2 N–H and O–H groups in total. The van der Waals surface area contributed by atoms with E-state index in [-0.39, 0.29) is 34.2 Å². The summed E-state index contributed by atoms with van der Waals surface area (Å²) < 4.78 is 5.32. The number of nitrogens with zero attached hydrogens (tertiary/aromatic N) is 7. The fraction of sp³-hybridized carbons (Fsp3) is 0.143. The first-order valence-electron chi connectivity index (χ1n) is 7.31. The number of allylic oxidation sites excluding steroid dienone is 3. The number of rotatable bonds is 4. The van der Waals surface area contributed by atoms with Crippen LogP contribution in [-0.4, -0.2) is 30.1 Å². The summed E-state index contributed by atoms with van der Waals surface area (Å²) >= 11 is 0. The number of ether oxygens (including phenoxy) is 1. The van der Waals surface area contributed by atoms with Crippen LogP contribution in [0.3, 0.4) is 0 Å². The number of nitro groups is 2. The van der Waals surface area contributed by atoms with Crippen LogP contribution in [0, 0.1) is 31.6 Å².